The van der Waals surface area contributed by atoms with Crippen molar-refractivity contribution in [1.82, 2.24) is 9.88 Å². The Balaban J connectivity index is 2.24. The minimum Gasteiger partial charge on any atom is -0.357 e. The number of aromatic nitrogens is 1. The first kappa shape index (κ1) is 11.8. The van der Waals surface area contributed by atoms with E-state index in [-0.39, 0.29) is 0 Å². The van der Waals surface area contributed by atoms with Crippen LogP contribution >= 0.6 is 0 Å². The topological polar surface area (TPSA) is 45.1 Å². The first-order valence-electron chi connectivity index (χ1n) is 6.79. The van der Waals surface area contributed by atoms with Gasteiger partial charge in [0.1, 0.15) is 0 Å². The van der Waals surface area contributed by atoms with Crippen molar-refractivity contribution in [3.05, 3.63) is 35.0 Å². The molecule has 2 heterocycles. The molecule has 3 heteroatoms. The number of fused-ring (bicyclic) bond motifs is 3. The van der Waals surface area contributed by atoms with Gasteiger partial charge in [-0.2, -0.15) is 0 Å². The molecule has 0 radical (unpaired) electrons. The van der Waals surface area contributed by atoms with E-state index in [0.29, 0.717) is 12.6 Å². The fourth-order valence-corrected chi connectivity index (χ4v) is 3.16. The number of nitrogens with two attached hydrogens (primary N) is 1. The quantitative estimate of drug-likeness (QED) is 0.849. The summed E-state index contributed by atoms with van der Waals surface area (Å²) in [6, 6.07) is 6.96. The number of para-hydroxylation sites is 1. The molecule has 1 unspecified atom stereocenters. The summed E-state index contributed by atoms with van der Waals surface area (Å²) in [7, 11) is 2.16. The molecule has 18 heavy (non-hydrogen) atoms. The van der Waals surface area contributed by atoms with Crippen molar-refractivity contribution in [1.29, 1.82) is 0 Å². The SMILES string of the molecule is CCc1cccc2c3c([nH]c12)C(CN)N(C)CC3. The number of hydrogen-bond donors (Lipinski definition) is 2. The van der Waals surface area contributed by atoms with Gasteiger partial charge in [-0.1, -0.05) is 25.1 Å². The number of H-pyrrole nitrogens is 1. The standard InChI is InChI=1S/C15H21N3/c1-3-10-5-4-6-11-12-7-8-18(2)13(9-16)15(12)17-14(10)11/h4-6,13,17H,3,7-9,16H2,1-2H3. The number of aryl methyl sites for hydroxylation is 1. The van der Waals surface area contributed by atoms with Gasteiger partial charge in [-0.15, -0.1) is 0 Å². The highest BCUT2D eigenvalue weighted by Gasteiger charge is 2.27. The number of nitrogens with one attached hydrogen (secondary N) is 1. The van der Waals surface area contributed by atoms with E-state index < -0.39 is 0 Å². The normalized spacial score (nSPS) is 20.3. The third-order valence-electron chi connectivity index (χ3n) is 4.24. The highest BCUT2D eigenvalue weighted by Crippen LogP contribution is 2.34. The minimum atomic E-state index is 0.339. The molecule has 0 saturated heterocycles. The molecule has 1 aliphatic heterocycles. The molecule has 0 fully saturated rings. The van der Waals surface area contributed by atoms with Gasteiger partial charge in [0.2, 0.25) is 0 Å². The first-order valence-corrected chi connectivity index (χ1v) is 6.79. The van der Waals surface area contributed by atoms with Crippen molar-refractivity contribution < 1.29 is 0 Å². The Labute approximate surface area is 108 Å². The van der Waals surface area contributed by atoms with Crippen LogP contribution in [-0.4, -0.2) is 30.0 Å². The molecule has 96 valence electrons. The Hall–Kier alpha value is -1.32. The molecule has 1 aromatic carbocycles. The summed E-state index contributed by atoms with van der Waals surface area (Å²) in [6.07, 6.45) is 2.19. The molecule has 1 aliphatic rings. The average Bonchev–Trinajstić information content (AvgIpc) is 2.76. The Kier molecular flexibility index (Phi) is 2.88. The summed E-state index contributed by atoms with van der Waals surface area (Å²) in [6.45, 7) is 3.98. The highest BCUT2D eigenvalue weighted by atomic mass is 15.2. The summed E-state index contributed by atoms with van der Waals surface area (Å²) >= 11 is 0. The number of benzene rings is 1. The lowest BCUT2D eigenvalue weighted by Crippen LogP contribution is -2.36. The van der Waals surface area contributed by atoms with Crippen LogP contribution in [0.4, 0.5) is 0 Å². The van der Waals surface area contributed by atoms with Crippen LogP contribution in [0.3, 0.4) is 0 Å². The fraction of sp³-hybridized carbons (Fsp3) is 0.467. The first-order chi connectivity index (χ1) is 8.76. The van der Waals surface area contributed by atoms with Gasteiger partial charge >= 0.3 is 0 Å². The van der Waals surface area contributed by atoms with E-state index in [4.69, 9.17) is 5.73 Å². The number of hydrogen-bond acceptors (Lipinski definition) is 2. The molecular weight excluding hydrogens is 222 g/mol. The summed E-state index contributed by atoms with van der Waals surface area (Å²) < 4.78 is 0. The second-order valence-corrected chi connectivity index (χ2v) is 5.19. The van der Waals surface area contributed by atoms with Crippen LogP contribution in [0.2, 0.25) is 0 Å². The number of likely N-dealkylation sites (N-methyl/N-ethyl adjacent to an activating group) is 1. The molecule has 0 bridgehead atoms. The van der Waals surface area contributed by atoms with E-state index in [1.807, 2.05) is 0 Å². The van der Waals surface area contributed by atoms with E-state index >= 15 is 0 Å². The molecule has 3 N–H and O–H groups in total. The molecular formula is C15H21N3. The Morgan fingerprint density at radius 3 is 3.00 bits per heavy atom. The van der Waals surface area contributed by atoms with Crippen LogP contribution in [0.5, 0.6) is 0 Å². The maximum Gasteiger partial charge on any atom is 0.0623 e. The van der Waals surface area contributed by atoms with Gasteiger partial charge in [0, 0.05) is 29.7 Å². The minimum absolute atomic E-state index is 0.339. The van der Waals surface area contributed by atoms with E-state index in [0.717, 1.165) is 19.4 Å². The summed E-state index contributed by atoms with van der Waals surface area (Å²) in [4.78, 5) is 6.00. The third kappa shape index (κ3) is 1.58. The second-order valence-electron chi connectivity index (χ2n) is 5.19. The van der Waals surface area contributed by atoms with Crippen LogP contribution in [-0.2, 0) is 12.8 Å². The Morgan fingerprint density at radius 2 is 2.28 bits per heavy atom. The van der Waals surface area contributed by atoms with Crippen molar-refractivity contribution >= 4 is 10.9 Å². The van der Waals surface area contributed by atoms with Crippen molar-refractivity contribution in [2.45, 2.75) is 25.8 Å². The molecule has 3 nitrogen and oxygen atoms in total. The van der Waals surface area contributed by atoms with Crippen LogP contribution in [0.1, 0.15) is 29.8 Å². The second kappa shape index (κ2) is 4.41. The third-order valence-corrected chi connectivity index (χ3v) is 4.24. The number of rotatable bonds is 2. The smallest absolute Gasteiger partial charge is 0.0623 e. The zero-order chi connectivity index (χ0) is 12.7. The van der Waals surface area contributed by atoms with Crippen molar-refractivity contribution in [3.8, 4) is 0 Å². The molecule has 3 rings (SSSR count). The van der Waals surface area contributed by atoms with E-state index in [1.54, 1.807) is 0 Å². The maximum atomic E-state index is 5.94. The Bertz CT molecular complexity index is 570. The van der Waals surface area contributed by atoms with E-state index in [2.05, 4.69) is 42.1 Å². The molecule has 0 spiro atoms. The van der Waals surface area contributed by atoms with Gasteiger partial charge in [-0.05, 0) is 31.0 Å². The lowest BCUT2D eigenvalue weighted by Gasteiger charge is -2.31. The van der Waals surface area contributed by atoms with Crippen LogP contribution in [0.25, 0.3) is 10.9 Å². The Morgan fingerprint density at radius 1 is 1.44 bits per heavy atom. The zero-order valence-electron chi connectivity index (χ0n) is 11.2. The van der Waals surface area contributed by atoms with E-state index in [9.17, 15) is 0 Å². The highest BCUT2D eigenvalue weighted by molar-refractivity contribution is 5.87. The van der Waals surface area contributed by atoms with Gasteiger partial charge in [0.05, 0.1) is 6.04 Å². The molecule has 0 aliphatic carbocycles. The fourth-order valence-electron chi connectivity index (χ4n) is 3.16. The predicted octanol–water partition coefficient (Wildman–Crippen LogP) is 2.22. The predicted molar refractivity (Wildman–Crippen MR) is 75.8 cm³/mol. The summed E-state index contributed by atoms with van der Waals surface area (Å²) in [5, 5.41) is 1.40. The van der Waals surface area contributed by atoms with E-state index in [1.165, 1.54) is 27.7 Å². The largest absolute Gasteiger partial charge is 0.357 e. The number of nitrogens with zero attached hydrogens (tertiary/aromatic N) is 1. The maximum absolute atomic E-state index is 5.94. The van der Waals surface area contributed by atoms with Crippen LogP contribution in [0, 0.1) is 0 Å². The van der Waals surface area contributed by atoms with Gasteiger partial charge in [0.15, 0.2) is 0 Å². The average molecular weight is 243 g/mol. The van der Waals surface area contributed by atoms with Crippen molar-refractivity contribution in [2.24, 2.45) is 5.73 Å². The van der Waals surface area contributed by atoms with Gasteiger partial charge < -0.3 is 10.7 Å². The monoisotopic (exact) mass is 243 g/mol. The lowest BCUT2D eigenvalue weighted by atomic mass is 9.97. The molecule has 1 aromatic heterocycles. The summed E-state index contributed by atoms with van der Waals surface area (Å²) in [5.74, 6) is 0. The summed E-state index contributed by atoms with van der Waals surface area (Å²) in [5.41, 5.74) is 11.5. The number of aromatic amines is 1. The van der Waals surface area contributed by atoms with Gasteiger partial charge in [-0.3, -0.25) is 4.90 Å². The van der Waals surface area contributed by atoms with Crippen molar-refractivity contribution in [2.75, 3.05) is 20.1 Å². The molecule has 0 amide bonds. The van der Waals surface area contributed by atoms with Gasteiger partial charge in [0.25, 0.3) is 0 Å². The molecule has 0 saturated carbocycles. The molecule has 2 aromatic rings. The van der Waals surface area contributed by atoms with Crippen LogP contribution < -0.4 is 5.73 Å². The van der Waals surface area contributed by atoms with Gasteiger partial charge in [-0.25, -0.2) is 0 Å². The van der Waals surface area contributed by atoms with Crippen molar-refractivity contribution in [3.63, 3.8) is 0 Å². The zero-order valence-corrected chi connectivity index (χ0v) is 11.2. The lowest BCUT2D eigenvalue weighted by molar-refractivity contribution is 0.233. The van der Waals surface area contributed by atoms with Crippen LogP contribution in [0.15, 0.2) is 18.2 Å². The molecule has 1 atom stereocenters.